The smallest absolute Gasteiger partial charge is 0.246 e. The summed E-state index contributed by atoms with van der Waals surface area (Å²) in [5, 5.41) is 0. The molecular formula is C20H23NO4. The molecule has 0 aliphatic rings. The van der Waals surface area contributed by atoms with Gasteiger partial charge in [0, 0.05) is 13.1 Å². The Kier molecular flexibility index (Phi) is 6.89. The quantitative estimate of drug-likeness (QED) is 0.692. The molecule has 0 atom stereocenters. The van der Waals surface area contributed by atoms with Crippen LogP contribution in [0.4, 0.5) is 0 Å². The molecule has 2 rings (SSSR count). The number of amides is 1. The largest absolute Gasteiger partial charge is 0.497 e. The molecular weight excluding hydrogens is 318 g/mol. The van der Waals surface area contributed by atoms with Gasteiger partial charge in [0.2, 0.25) is 5.91 Å². The van der Waals surface area contributed by atoms with Gasteiger partial charge in [-0.05, 0) is 48.0 Å². The molecule has 1 amide bonds. The molecule has 5 heteroatoms. The number of hydrogen-bond donors (Lipinski definition) is 0. The van der Waals surface area contributed by atoms with Crippen LogP contribution in [0.5, 0.6) is 17.2 Å². The molecule has 0 bridgehead atoms. The van der Waals surface area contributed by atoms with E-state index in [2.05, 4.69) is 0 Å². The van der Waals surface area contributed by atoms with Crippen molar-refractivity contribution in [1.82, 2.24) is 4.90 Å². The Morgan fingerprint density at radius 3 is 2.36 bits per heavy atom. The summed E-state index contributed by atoms with van der Waals surface area (Å²) in [6, 6.07) is 14.9. The second kappa shape index (κ2) is 9.37. The first-order chi connectivity index (χ1) is 12.1. The number of carbonyl (C=O) groups is 1. The Hall–Kier alpha value is -2.95. The van der Waals surface area contributed by atoms with E-state index in [0.717, 1.165) is 22.8 Å². The zero-order chi connectivity index (χ0) is 18.1. The van der Waals surface area contributed by atoms with Gasteiger partial charge < -0.3 is 19.1 Å². The zero-order valence-electron chi connectivity index (χ0n) is 14.8. The standard InChI is InChI=1S/C20H23NO4/c1-21(13-14-25-18-10-8-17(23-2)9-11-18)20(22)12-7-16-5-4-6-19(15-16)24-3/h4-12,15H,13-14H2,1-3H3/b12-7+. The molecule has 0 saturated carbocycles. The second-order valence-corrected chi connectivity index (χ2v) is 5.39. The van der Waals surface area contributed by atoms with Gasteiger partial charge in [0.15, 0.2) is 0 Å². The van der Waals surface area contributed by atoms with Crippen LogP contribution in [-0.2, 0) is 4.79 Å². The van der Waals surface area contributed by atoms with Crippen molar-refractivity contribution in [3.8, 4) is 17.2 Å². The molecule has 2 aromatic rings. The molecule has 0 aromatic heterocycles. The lowest BCUT2D eigenvalue weighted by Crippen LogP contribution is -2.29. The Morgan fingerprint density at radius 2 is 1.68 bits per heavy atom. The average Bonchev–Trinajstić information content (AvgIpc) is 2.66. The van der Waals surface area contributed by atoms with Crippen molar-refractivity contribution in [2.24, 2.45) is 0 Å². The van der Waals surface area contributed by atoms with Crippen LogP contribution in [-0.4, -0.2) is 45.2 Å². The van der Waals surface area contributed by atoms with Gasteiger partial charge in [-0.25, -0.2) is 0 Å². The topological polar surface area (TPSA) is 48.0 Å². The van der Waals surface area contributed by atoms with Crippen LogP contribution in [0.2, 0.25) is 0 Å². The molecule has 0 heterocycles. The minimum absolute atomic E-state index is 0.0823. The summed E-state index contributed by atoms with van der Waals surface area (Å²) >= 11 is 0. The molecule has 0 aliphatic carbocycles. The molecule has 0 saturated heterocycles. The first kappa shape index (κ1) is 18.4. The van der Waals surface area contributed by atoms with Gasteiger partial charge in [-0.3, -0.25) is 4.79 Å². The number of nitrogens with zero attached hydrogens (tertiary/aromatic N) is 1. The molecule has 0 spiro atoms. The van der Waals surface area contributed by atoms with Gasteiger partial charge in [0.1, 0.15) is 23.9 Å². The fourth-order valence-corrected chi connectivity index (χ4v) is 2.12. The lowest BCUT2D eigenvalue weighted by Gasteiger charge is -2.15. The minimum atomic E-state index is -0.0823. The third-order valence-electron chi connectivity index (χ3n) is 3.64. The average molecular weight is 341 g/mol. The highest BCUT2D eigenvalue weighted by Gasteiger charge is 2.05. The van der Waals surface area contributed by atoms with E-state index >= 15 is 0 Å². The van der Waals surface area contributed by atoms with Gasteiger partial charge in [0.05, 0.1) is 20.8 Å². The summed E-state index contributed by atoms with van der Waals surface area (Å²) < 4.78 is 15.9. The van der Waals surface area contributed by atoms with E-state index in [-0.39, 0.29) is 5.91 Å². The van der Waals surface area contributed by atoms with Crippen LogP contribution >= 0.6 is 0 Å². The third-order valence-corrected chi connectivity index (χ3v) is 3.64. The van der Waals surface area contributed by atoms with Crippen LogP contribution in [0.3, 0.4) is 0 Å². The highest BCUT2D eigenvalue weighted by molar-refractivity contribution is 5.91. The van der Waals surface area contributed by atoms with Crippen LogP contribution in [0.1, 0.15) is 5.56 Å². The first-order valence-corrected chi connectivity index (χ1v) is 7.96. The summed E-state index contributed by atoms with van der Waals surface area (Å²) in [5.74, 6) is 2.20. The van der Waals surface area contributed by atoms with Crippen LogP contribution < -0.4 is 14.2 Å². The lowest BCUT2D eigenvalue weighted by atomic mass is 10.2. The van der Waals surface area contributed by atoms with Crippen molar-refractivity contribution in [3.63, 3.8) is 0 Å². The van der Waals surface area contributed by atoms with Crippen molar-refractivity contribution in [2.45, 2.75) is 0 Å². The lowest BCUT2D eigenvalue weighted by molar-refractivity contribution is -0.125. The molecule has 25 heavy (non-hydrogen) atoms. The van der Waals surface area contributed by atoms with Crippen molar-refractivity contribution < 1.29 is 19.0 Å². The van der Waals surface area contributed by atoms with E-state index in [4.69, 9.17) is 14.2 Å². The number of ether oxygens (including phenoxy) is 3. The number of rotatable bonds is 8. The number of likely N-dealkylation sites (N-methyl/N-ethyl adjacent to an activating group) is 1. The molecule has 2 aromatic carbocycles. The predicted octanol–water partition coefficient (Wildman–Crippen LogP) is 3.25. The highest BCUT2D eigenvalue weighted by Crippen LogP contribution is 2.17. The summed E-state index contributed by atoms with van der Waals surface area (Å²) in [6.07, 6.45) is 3.31. The summed E-state index contributed by atoms with van der Waals surface area (Å²) in [6.45, 7) is 0.912. The maximum atomic E-state index is 12.1. The van der Waals surface area contributed by atoms with Gasteiger partial charge in [0.25, 0.3) is 0 Å². The fourth-order valence-electron chi connectivity index (χ4n) is 2.12. The van der Waals surface area contributed by atoms with Gasteiger partial charge >= 0.3 is 0 Å². The van der Waals surface area contributed by atoms with Crippen LogP contribution in [0.25, 0.3) is 6.08 Å². The van der Waals surface area contributed by atoms with Crippen LogP contribution in [0, 0.1) is 0 Å². The number of hydrogen-bond acceptors (Lipinski definition) is 4. The van der Waals surface area contributed by atoms with Gasteiger partial charge in [-0.2, -0.15) is 0 Å². The van der Waals surface area contributed by atoms with E-state index in [1.54, 1.807) is 38.3 Å². The maximum Gasteiger partial charge on any atom is 0.246 e. The molecule has 0 unspecified atom stereocenters. The Balaban J connectivity index is 1.79. The third kappa shape index (κ3) is 5.88. The first-order valence-electron chi connectivity index (χ1n) is 7.96. The second-order valence-electron chi connectivity index (χ2n) is 5.39. The fraction of sp³-hybridized carbons (Fsp3) is 0.250. The zero-order valence-corrected chi connectivity index (χ0v) is 14.8. The molecule has 5 nitrogen and oxygen atoms in total. The molecule has 0 radical (unpaired) electrons. The summed E-state index contributed by atoms with van der Waals surface area (Å²) in [5.41, 5.74) is 0.913. The number of benzene rings is 2. The molecule has 0 N–H and O–H groups in total. The summed E-state index contributed by atoms with van der Waals surface area (Å²) in [4.78, 5) is 13.7. The van der Waals surface area contributed by atoms with Crippen molar-refractivity contribution in [3.05, 3.63) is 60.2 Å². The molecule has 0 fully saturated rings. The van der Waals surface area contributed by atoms with E-state index in [1.807, 2.05) is 48.5 Å². The summed E-state index contributed by atoms with van der Waals surface area (Å²) in [7, 11) is 4.98. The SMILES string of the molecule is COc1ccc(OCCN(C)C(=O)/C=C/c2cccc(OC)c2)cc1. The van der Waals surface area contributed by atoms with Crippen molar-refractivity contribution in [2.75, 3.05) is 34.4 Å². The Bertz CT molecular complexity index is 710. The highest BCUT2D eigenvalue weighted by atomic mass is 16.5. The normalized spacial score (nSPS) is 10.5. The molecule has 0 aliphatic heterocycles. The van der Waals surface area contributed by atoms with E-state index in [9.17, 15) is 4.79 Å². The van der Waals surface area contributed by atoms with Gasteiger partial charge in [-0.15, -0.1) is 0 Å². The van der Waals surface area contributed by atoms with Crippen LogP contribution in [0.15, 0.2) is 54.6 Å². The molecule has 132 valence electrons. The number of methoxy groups -OCH3 is 2. The number of carbonyl (C=O) groups excluding carboxylic acids is 1. The van der Waals surface area contributed by atoms with Crippen molar-refractivity contribution >= 4 is 12.0 Å². The minimum Gasteiger partial charge on any atom is -0.497 e. The van der Waals surface area contributed by atoms with E-state index in [1.165, 1.54) is 0 Å². The maximum absolute atomic E-state index is 12.1. The Morgan fingerprint density at radius 1 is 1.00 bits per heavy atom. The van der Waals surface area contributed by atoms with Crippen molar-refractivity contribution in [1.29, 1.82) is 0 Å². The predicted molar refractivity (Wildman–Crippen MR) is 98.2 cm³/mol. The van der Waals surface area contributed by atoms with Gasteiger partial charge in [-0.1, -0.05) is 12.1 Å². The van der Waals surface area contributed by atoms with E-state index < -0.39 is 0 Å². The van der Waals surface area contributed by atoms with E-state index in [0.29, 0.717) is 13.2 Å². The monoisotopic (exact) mass is 341 g/mol. The Labute approximate surface area is 148 Å².